The Labute approximate surface area is 88.8 Å². The van der Waals surface area contributed by atoms with Gasteiger partial charge in [-0.25, -0.2) is 4.39 Å². The first-order valence-electron chi connectivity index (χ1n) is 5.10. The van der Waals surface area contributed by atoms with Gasteiger partial charge in [0.15, 0.2) is 0 Å². The lowest BCUT2D eigenvalue weighted by Gasteiger charge is -2.30. The van der Waals surface area contributed by atoms with Gasteiger partial charge in [-0.3, -0.25) is 0 Å². The molecule has 1 aliphatic heterocycles. The van der Waals surface area contributed by atoms with Crippen LogP contribution in [0, 0.1) is 5.82 Å². The smallest absolute Gasteiger partial charge is 0.142 e. The summed E-state index contributed by atoms with van der Waals surface area (Å²) in [7, 11) is 1.61. The largest absolute Gasteiger partial charge is 0.495 e. The molecule has 1 aliphatic rings. The van der Waals surface area contributed by atoms with Crippen molar-refractivity contribution in [2.24, 2.45) is 0 Å². The van der Waals surface area contributed by atoms with Crippen molar-refractivity contribution in [3.8, 4) is 5.75 Å². The number of ether oxygens (including phenoxy) is 1. The summed E-state index contributed by atoms with van der Waals surface area (Å²) in [5, 5.41) is 3.26. The van der Waals surface area contributed by atoms with Crippen molar-refractivity contribution in [2.45, 2.75) is 0 Å². The van der Waals surface area contributed by atoms with E-state index in [1.54, 1.807) is 13.2 Å². The van der Waals surface area contributed by atoms with Gasteiger partial charge in [-0.2, -0.15) is 0 Å². The minimum atomic E-state index is -0.218. The van der Waals surface area contributed by atoms with Crippen LogP contribution in [0.1, 0.15) is 0 Å². The number of anilines is 1. The number of nitrogens with one attached hydrogen (secondary N) is 1. The average molecular weight is 210 g/mol. The predicted molar refractivity (Wildman–Crippen MR) is 58.0 cm³/mol. The lowest BCUT2D eigenvalue weighted by molar-refractivity contribution is 0.412. The molecule has 1 aromatic rings. The van der Waals surface area contributed by atoms with Crippen molar-refractivity contribution in [1.29, 1.82) is 0 Å². The summed E-state index contributed by atoms with van der Waals surface area (Å²) in [6, 6.07) is 4.63. The van der Waals surface area contributed by atoms with Crippen LogP contribution in [-0.4, -0.2) is 33.3 Å². The molecule has 0 amide bonds. The molecular weight excluding hydrogens is 195 g/mol. The van der Waals surface area contributed by atoms with Crippen LogP contribution in [0.25, 0.3) is 0 Å². The maximum absolute atomic E-state index is 13.1. The van der Waals surface area contributed by atoms with E-state index in [1.807, 2.05) is 0 Å². The number of rotatable bonds is 2. The van der Waals surface area contributed by atoms with E-state index < -0.39 is 0 Å². The van der Waals surface area contributed by atoms with E-state index in [9.17, 15) is 4.39 Å². The fraction of sp³-hybridized carbons (Fsp3) is 0.455. The lowest BCUT2D eigenvalue weighted by atomic mass is 10.2. The number of nitrogens with zero attached hydrogens (tertiary/aromatic N) is 1. The molecule has 1 heterocycles. The molecule has 1 N–H and O–H groups in total. The zero-order valence-corrected chi connectivity index (χ0v) is 8.79. The third-order valence-electron chi connectivity index (χ3n) is 2.60. The van der Waals surface area contributed by atoms with E-state index >= 15 is 0 Å². The molecule has 0 bridgehead atoms. The number of benzene rings is 1. The van der Waals surface area contributed by atoms with Crippen molar-refractivity contribution < 1.29 is 9.13 Å². The molecule has 1 fully saturated rings. The van der Waals surface area contributed by atoms with Gasteiger partial charge >= 0.3 is 0 Å². The van der Waals surface area contributed by atoms with E-state index in [4.69, 9.17) is 4.74 Å². The summed E-state index contributed by atoms with van der Waals surface area (Å²) in [6.07, 6.45) is 0. The Morgan fingerprint density at radius 1 is 1.33 bits per heavy atom. The van der Waals surface area contributed by atoms with E-state index in [2.05, 4.69) is 10.2 Å². The van der Waals surface area contributed by atoms with Gasteiger partial charge in [0.25, 0.3) is 0 Å². The molecule has 1 aromatic carbocycles. The quantitative estimate of drug-likeness (QED) is 0.795. The number of hydrogen-bond acceptors (Lipinski definition) is 3. The molecule has 3 nitrogen and oxygen atoms in total. The topological polar surface area (TPSA) is 24.5 Å². The lowest BCUT2D eigenvalue weighted by Crippen LogP contribution is -2.43. The molecule has 0 radical (unpaired) electrons. The number of piperazine rings is 1. The highest BCUT2D eigenvalue weighted by Gasteiger charge is 2.15. The van der Waals surface area contributed by atoms with Gasteiger partial charge in [0.2, 0.25) is 0 Å². The third-order valence-corrected chi connectivity index (χ3v) is 2.60. The first-order valence-corrected chi connectivity index (χ1v) is 5.10. The van der Waals surface area contributed by atoms with Crippen molar-refractivity contribution in [3.63, 3.8) is 0 Å². The minimum absolute atomic E-state index is 0.218. The first kappa shape index (κ1) is 10.2. The van der Waals surface area contributed by atoms with E-state index in [1.165, 1.54) is 12.1 Å². The molecule has 1 saturated heterocycles. The number of methoxy groups -OCH3 is 1. The fourth-order valence-corrected chi connectivity index (χ4v) is 1.82. The molecule has 15 heavy (non-hydrogen) atoms. The Kier molecular flexibility index (Phi) is 3.06. The Hall–Kier alpha value is -1.29. The standard InChI is InChI=1S/C11H15FN2O/c1-15-11-3-2-9(12)8-10(11)14-6-4-13-5-7-14/h2-3,8,13H,4-7H2,1H3. The predicted octanol–water partition coefficient (Wildman–Crippen LogP) is 1.24. The molecule has 0 unspecified atom stereocenters. The normalized spacial score (nSPS) is 16.5. The fourth-order valence-electron chi connectivity index (χ4n) is 1.82. The van der Waals surface area contributed by atoms with Crippen LogP contribution in [0.4, 0.5) is 10.1 Å². The Morgan fingerprint density at radius 3 is 2.73 bits per heavy atom. The Morgan fingerprint density at radius 2 is 2.07 bits per heavy atom. The highest BCUT2D eigenvalue weighted by atomic mass is 19.1. The summed E-state index contributed by atoms with van der Waals surface area (Å²) < 4.78 is 18.4. The van der Waals surface area contributed by atoms with Crippen LogP contribution >= 0.6 is 0 Å². The van der Waals surface area contributed by atoms with Crippen LogP contribution in [0.3, 0.4) is 0 Å². The van der Waals surface area contributed by atoms with Crippen LogP contribution in [0.15, 0.2) is 18.2 Å². The van der Waals surface area contributed by atoms with Gasteiger partial charge in [-0.05, 0) is 12.1 Å². The molecule has 0 aliphatic carbocycles. The van der Waals surface area contributed by atoms with Crippen LogP contribution in [-0.2, 0) is 0 Å². The molecule has 4 heteroatoms. The summed E-state index contributed by atoms with van der Waals surface area (Å²) in [6.45, 7) is 3.64. The minimum Gasteiger partial charge on any atom is -0.495 e. The van der Waals surface area contributed by atoms with Gasteiger partial charge in [-0.1, -0.05) is 0 Å². The van der Waals surface area contributed by atoms with Gasteiger partial charge in [0.05, 0.1) is 12.8 Å². The molecule has 2 rings (SSSR count). The van der Waals surface area contributed by atoms with Crippen molar-refractivity contribution in [3.05, 3.63) is 24.0 Å². The molecule has 0 atom stereocenters. The van der Waals surface area contributed by atoms with Gasteiger partial charge in [-0.15, -0.1) is 0 Å². The summed E-state index contributed by atoms with van der Waals surface area (Å²) in [5.41, 5.74) is 0.846. The summed E-state index contributed by atoms with van der Waals surface area (Å²) >= 11 is 0. The molecule has 0 aromatic heterocycles. The Balaban J connectivity index is 2.27. The van der Waals surface area contributed by atoms with Gasteiger partial charge < -0.3 is 15.0 Å². The zero-order chi connectivity index (χ0) is 10.7. The van der Waals surface area contributed by atoms with Crippen LogP contribution in [0.5, 0.6) is 5.75 Å². The first-order chi connectivity index (χ1) is 7.31. The van der Waals surface area contributed by atoms with E-state index in [-0.39, 0.29) is 5.82 Å². The second-order valence-electron chi connectivity index (χ2n) is 3.55. The number of halogens is 1. The zero-order valence-electron chi connectivity index (χ0n) is 8.79. The van der Waals surface area contributed by atoms with Crippen LogP contribution in [0.2, 0.25) is 0 Å². The van der Waals surface area contributed by atoms with Gasteiger partial charge in [0.1, 0.15) is 11.6 Å². The SMILES string of the molecule is COc1ccc(F)cc1N1CCNCC1. The second kappa shape index (κ2) is 4.49. The molecule has 82 valence electrons. The highest BCUT2D eigenvalue weighted by molar-refractivity contribution is 5.59. The van der Waals surface area contributed by atoms with E-state index in [0.29, 0.717) is 0 Å². The second-order valence-corrected chi connectivity index (χ2v) is 3.55. The molecule has 0 spiro atoms. The maximum Gasteiger partial charge on any atom is 0.142 e. The van der Waals surface area contributed by atoms with Crippen molar-refractivity contribution in [1.82, 2.24) is 5.32 Å². The average Bonchev–Trinajstić information content (AvgIpc) is 2.30. The van der Waals surface area contributed by atoms with Crippen molar-refractivity contribution >= 4 is 5.69 Å². The highest BCUT2D eigenvalue weighted by Crippen LogP contribution is 2.28. The van der Waals surface area contributed by atoms with E-state index in [0.717, 1.165) is 37.6 Å². The Bertz CT molecular complexity index is 337. The molecular formula is C11H15FN2O. The monoisotopic (exact) mass is 210 g/mol. The van der Waals surface area contributed by atoms with Crippen molar-refractivity contribution in [2.75, 3.05) is 38.2 Å². The third kappa shape index (κ3) is 2.21. The maximum atomic E-state index is 13.1. The van der Waals surface area contributed by atoms with Gasteiger partial charge in [0, 0.05) is 32.2 Å². The summed E-state index contributed by atoms with van der Waals surface area (Å²) in [5.74, 6) is 0.516. The molecule has 0 saturated carbocycles. The van der Waals surface area contributed by atoms with Crippen LogP contribution < -0.4 is 15.0 Å². The number of hydrogen-bond donors (Lipinski definition) is 1. The summed E-state index contributed by atoms with van der Waals surface area (Å²) in [4.78, 5) is 2.14.